The molecule has 5 nitrogen and oxygen atoms in total. The minimum atomic E-state index is -3.98. The van der Waals surface area contributed by atoms with E-state index in [4.69, 9.17) is 4.74 Å². The van der Waals surface area contributed by atoms with Gasteiger partial charge in [-0.2, -0.15) is 0 Å². The summed E-state index contributed by atoms with van der Waals surface area (Å²) >= 11 is 3.43. The van der Waals surface area contributed by atoms with Crippen molar-refractivity contribution in [1.82, 2.24) is 4.72 Å². The van der Waals surface area contributed by atoms with E-state index in [0.29, 0.717) is 11.1 Å². The number of hydrogen-bond acceptors (Lipinski definition) is 4. The zero-order valence-corrected chi connectivity index (χ0v) is 15.6. The maximum absolute atomic E-state index is 12.6. The molecular weight excluding hydrogens is 406 g/mol. The van der Waals surface area contributed by atoms with Gasteiger partial charge in [0.2, 0.25) is 0 Å². The first-order valence-corrected chi connectivity index (χ1v) is 9.58. The van der Waals surface area contributed by atoms with Gasteiger partial charge in [0, 0.05) is 10.0 Å². The van der Waals surface area contributed by atoms with Gasteiger partial charge in [0.25, 0.3) is 15.9 Å². The fourth-order valence-corrected chi connectivity index (χ4v) is 3.90. The molecule has 3 rings (SSSR count). The number of amides is 1. The quantitative estimate of drug-likeness (QED) is 0.698. The van der Waals surface area contributed by atoms with Gasteiger partial charge in [0.05, 0.1) is 12.0 Å². The Hall–Kier alpha value is -2.38. The molecule has 0 fully saturated rings. The molecule has 0 saturated carbocycles. The van der Waals surface area contributed by atoms with E-state index in [9.17, 15) is 13.2 Å². The third-order valence-electron chi connectivity index (χ3n) is 3.71. The highest BCUT2D eigenvalue weighted by atomic mass is 79.9. The standard InChI is InChI=1S/C18H14BrNO4S/c1-24-12-6-8-13(9-7-12)25(22,23)20-18(21)16-10-11-17(19)15-5-3-2-4-14(15)16/h2-11H,1H3,(H,20,21). The van der Waals surface area contributed by atoms with Crippen LogP contribution in [0.4, 0.5) is 0 Å². The molecule has 0 saturated heterocycles. The molecule has 3 aromatic rings. The van der Waals surface area contributed by atoms with Crippen LogP contribution in [0.25, 0.3) is 10.8 Å². The van der Waals surface area contributed by atoms with Crippen LogP contribution in [0.3, 0.4) is 0 Å². The summed E-state index contributed by atoms with van der Waals surface area (Å²) in [6.07, 6.45) is 0. The van der Waals surface area contributed by atoms with E-state index >= 15 is 0 Å². The van der Waals surface area contributed by atoms with Gasteiger partial charge in [-0.3, -0.25) is 4.79 Å². The van der Waals surface area contributed by atoms with E-state index < -0.39 is 15.9 Å². The van der Waals surface area contributed by atoms with Crippen LogP contribution < -0.4 is 9.46 Å². The molecular formula is C18H14BrNO4S. The molecule has 0 bridgehead atoms. The number of rotatable bonds is 4. The summed E-state index contributed by atoms with van der Waals surface area (Å²) in [6, 6.07) is 16.4. The van der Waals surface area contributed by atoms with Crippen molar-refractivity contribution >= 4 is 42.6 Å². The summed E-state index contributed by atoms with van der Waals surface area (Å²) in [7, 11) is -2.49. The second-order valence-corrected chi connectivity index (χ2v) is 7.79. The molecule has 0 aromatic heterocycles. The van der Waals surface area contributed by atoms with Crippen LogP contribution in [-0.4, -0.2) is 21.4 Å². The highest BCUT2D eigenvalue weighted by Gasteiger charge is 2.20. The molecule has 0 heterocycles. The summed E-state index contributed by atoms with van der Waals surface area (Å²) in [6.45, 7) is 0. The predicted molar refractivity (Wildman–Crippen MR) is 99.3 cm³/mol. The van der Waals surface area contributed by atoms with Crippen LogP contribution in [0.1, 0.15) is 10.4 Å². The van der Waals surface area contributed by atoms with Gasteiger partial charge in [-0.25, -0.2) is 13.1 Å². The summed E-state index contributed by atoms with van der Waals surface area (Å²) in [5.41, 5.74) is 0.288. The summed E-state index contributed by atoms with van der Waals surface area (Å²) < 4.78 is 32.8. The first-order valence-electron chi connectivity index (χ1n) is 7.31. The molecule has 0 unspecified atom stereocenters. The van der Waals surface area contributed by atoms with Crippen molar-refractivity contribution in [2.75, 3.05) is 7.11 Å². The Labute approximate surface area is 153 Å². The predicted octanol–water partition coefficient (Wildman–Crippen LogP) is 3.73. The van der Waals surface area contributed by atoms with E-state index in [2.05, 4.69) is 20.7 Å². The Morgan fingerprint density at radius 3 is 2.24 bits per heavy atom. The lowest BCUT2D eigenvalue weighted by Gasteiger charge is -2.10. The highest BCUT2D eigenvalue weighted by molar-refractivity contribution is 9.10. The van der Waals surface area contributed by atoms with Crippen molar-refractivity contribution < 1.29 is 17.9 Å². The molecule has 0 aliphatic heterocycles. The van der Waals surface area contributed by atoms with Gasteiger partial charge in [-0.15, -0.1) is 0 Å². The number of carbonyl (C=O) groups excluding carboxylic acids is 1. The van der Waals surface area contributed by atoms with Crippen LogP contribution in [0.5, 0.6) is 5.75 Å². The van der Waals surface area contributed by atoms with Crippen molar-refractivity contribution in [1.29, 1.82) is 0 Å². The van der Waals surface area contributed by atoms with E-state index in [1.54, 1.807) is 24.3 Å². The number of carbonyl (C=O) groups is 1. The minimum absolute atomic E-state index is 0.0110. The molecule has 0 aliphatic carbocycles. The lowest BCUT2D eigenvalue weighted by atomic mass is 10.0. The summed E-state index contributed by atoms with van der Waals surface area (Å²) in [4.78, 5) is 12.5. The molecule has 128 valence electrons. The van der Waals surface area contributed by atoms with Crippen molar-refractivity contribution in [3.05, 3.63) is 70.7 Å². The van der Waals surface area contributed by atoms with Crippen LogP contribution in [-0.2, 0) is 10.0 Å². The third kappa shape index (κ3) is 3.52. The monoisotopic (exact) mass is 419 g/mol. The van der Waals surface area contributed by atoms with Crippen LogP contribution in [0.2, 0.25) is 0 Å². The Balaban J connectivity index is 1.95. The molecule has 7 heteroatoms. The average Bonchev–Trinajstić information content (AvgIpc) is 2.62. The Bertz CT molecular complexity index is 1050. The topological polar surface area (TPSA) is 72.5 Å². The van der Waals surface area contributed by atoms with Crippen LogP contribution >= 0.6 is 15.9 Å². The molecule has 1 N–H and O–H groups in total. The average molecular weight is 420 g/mol. The number of benzene rings is 3. The second kappa shape index (κ2) is 6.85. The van der Waals surface area contributed by atoms with E-state index in [0.717, 1.165) is 9.86 Å². The van der Waals surface area contributed by atoms with E-state index in [-0.39, 0.29) is 10.5 Å². The van der Waals surface area contributed by atoms with Gasteiger partial charge in [-0.05, 0) is 47.2 Å². The number of methoxy groups -OCH3 is 1. The van der Waals surface area contributed by atoms with Gasteiger partial charge in [0.1, 0.15) is 5.75 Å². The maximum atomic E-state index is 12.6. The lowest BCUT2D eigenvalue weighted by molar-refractivity contribution is 0.0983. The first-order chi connectivity index (χ1) is 11.9. The SMILES string of the molecule is COc1ccc(S(=O)(=O)NC(=O)c2ccc(Br)c3ccccc23)cc1. The number of ether oxygens (including phenoxy) is 1. The summed E-state index contributed by atoms with van der Waals surface area (Å²) in [5.74, 6) is -0.149. The number of halogens is 1. The number of hydrogen-bond donors (Lipinski definition) is 1. The smallest absolute Gasteiger partial charge is 0.265 e. The maximum Gasteiger partial charge on any atom is 0.265 e. The normalized spacial score (nSPS) is 11.3. The van der Waals surface area contributed by atoms with Crippen LogP contribution in [0.15, 0.2) is 70.0 Å². The third-order valence-corrected chi connectivity index (χ3v) is 5.75. The lowest BCUT2D eigenvalue weighted by Crippen LogP contribution is -2.30. The van der Waals surface area contributed by atoms with E-state index in [1.165, 1.54) is 31.4 Å². The van der Waals surface area contributed by atoms with Crippen molar-refractivity contribution in [3.8, 4) is 5.75 Å². The Kier molecular flexibility index (Phi) is 4.78. The fraction of sp³-hybridized carbons (Fsp3) is 0.0556. The van der Waals surface area contributed by atoms with Gasteiger partial charge in [0.15, 0.2) is 0 Å². The fourth-order valence-electron chi connectivity index (χ4n) is 2.45. The van der Waals surface area contributed by atoms with Crippen molar-refractivity contribution in [2.45, 2.75) is 4.90 Å². The molecule has 0 radical (unpaired) electrons. The molecule has 25 heavy (non-hydrogen) atoms. The number of sulfonamides is 1. The van der Waals surface area contributed by atoms with E-state index in [1.807, 2.05) is 12.1 Å². The molecule has 1 amide bonds. The second-order valence-electron chi connectivity index (χ2n) is 5.25. The van der Waals surface area contributed by atoms with Crippen LogP contribution in [0, 0.1) is 0 Å². The number of fused-ring (bicyclic) bond motifs is 1. The van der Waals surface area contributed by atoms with Gasteiger partial charge < -0.3 is 4.74 Å². The van der Waals surface area contributed by atoms with Gasteiger partial charge >= 0.3 is 0 Å². The van der Waals surface area contributed by atoms with Crippen molar-refractivity contribution in [3.63, 3.8) is 0 Å². The number of nitrogens with one attached hydrogen (secondary N) is 1. The van der Waals surface area contributed by atoms with Gasteiger partial charge in [-0.1, -0.05) is 40.2 Å². The highest BCUT2D eigenvalue weighted by Crippen LogP contribution is 2.27. The largest absolute Gasteiger partial charge is 0.497 e. The zero-order valence-electron chi connectivity index (χ0n) is 13.2. The molecule has 0 spiro atoms. The Morgan fingerprint density at radius 2 is 1.60 bits per heavy atom. The first kappa shape index (κ1) is 17.4. The summed E-state index contributed by atoms with van der Waals surface area (Å²) in [5, 5.41) is 1.50. The molecule has 0 aliphatic rings. The molecule has 0 atom stereocenters. The van der Waals surface area contributed by atoms with Crippen molar-refractivity contribution in [2.24, 2.45) is 0 Å². The Morgan fingerprint density at radius 1 is 0.960 bits per heavy atom. The molecule has 3 aromatic carbocycles. The minimum Gasteiger partial charge on any atom is -0.497 e. The zero-order chi connectivity index (χ0) is 18.0.